The fourth-order valence-corrected chi connectivity index (χ4v) is 4.27. The Morgan fingerprint density at radius 1 is 1.11 bits per heavy atom. The summed E-state index contributed by atoms with van der Waals surface area (Å²) in [6.45, 7) is 2.31. The van der Waals surface area contributed by atoms with Crippen molar-refractivity contribution in [2.45, 2.75) is 25.3 Å². The van der Waals surface area contributed by atoms with Crippen molar-refractivity contribution in [3.63, 3.8) is 0 Å². The third kappa shape index (κ3) is 5.46. The first-order valence-corrected chi connectivity index (χ1v) is 12.4. The lowest BCUT2D eigenvalue weighted by Gasteiger charge is -2.24. The fraction of sp³-hybridized carbons (Fsp3) is 0.296. The summed E-state index contributed by atoms with van der Waals surface area (Å²) in [5.74, 6) is 3.17. The molecule has 2 heterocycles. The lowest BCUT2D eigenvalue weighted by Crippen LogP contribution is -2.35. The summed E-state index contributed by atoms with van der Waals surface area (Å²) in [5.41, 5.74) is 1.19. The van der Waals surface area contributed by atoms with E-state index in [1.165, 1.54) is 0 Å². The normalized spacial score (nSPS) is 13.8. The summed E-state index contributed by atoms with van der Waals surface area (Å²) in [4.78, 5) is 19.0. The van der Waals surface area contributed by atoms with E-state index in [0.717, 1.165) is 18.2 Å². The summed E-state index contributed by atoms with van der Waals surface area (Å²) in [6, 6.07) is 11.6. The van der Waals surface area contributed by atoms with Gasteiger partial charge in [-0.15, -0.1) is 0 Å². The summed E-state index contributed by atoms with van der Waals surface area (Å²) in [6.07, 6.45) is 3.88. The van der Waals surface area contributed by atoms with Gasteiger partial charge >= 0.3 is 6.03 Å². The number of nitrogens with one attached hydrogen (secondary N) is 2. The van der Waals surface area contributed by atoms with Crippen molar-refractivity contribution in [2.24, 2.45) is 0 Å². The Bertz CT molecular complexity index is 1480. The topological polar surface area (TPSA) is 111 Å². The number of nitrogens with zero attached hydrogens (tertiary/aromatic N) is 3. The number of ether oxygens (including phenoxy) is 3. The van der Waals surface area contributed by atoms with Gasteiger partial charge in [0.05, 0.1) is 28.9 Å². The van der Waals surface area contributed by atoms with Gasteiger partial charge in [0, 0.05) is 29.8 Å². The Balaban J connectivity index is 1.32. The van der Waals surface area contributed by atoms with Crippen molar-refractivity contribution < 1.29 is 23.5 Å². The van der Waals surface area contributed by atoms with Crippen LogP contribution in [0, 0.1) is 6.92 Å². The minimum Gasteiger partial charge on any atom is -0.493 e. The summed E-state index contributed by atoms with van der Waals surface area (Å²) >= 11 is 6.42. The molecular weight excluding hydrogens is 510 g/mol. The summed E-state index contributed by atoms with van der Waals surface area (Å²) < 4.78 is 22.9. The SMILES string of the molecule is COc1cc2c(Oc3ccc(NC(=O)Nc4cc(C)on4)c(Cl)c3)ccnc2cc1OCC1(N(C)C)CC1. The van der Waals surface area contributed by atoms with Crippen LogP contribution < -0.4 is 24.8 Å². The quantitative estimate of drug-likeness (QED) is 0.263. The molecule has 2 N–H and O–H groups in total. The number of carbonyl (C=O) groups excluding carboxylic acids is 1. The molecule has 1 saturated carbocycles. The number of carbonyl (C=O) groups is 1. The molecule has 2 aromatic heterocycles. The molecule has 198 valence electrons. The molecule has 11 heteroatoms. The zero-order chi connectivity index (χ0) is 26.9. The highest BCUT2D eigenvalue weighted by molar-refractivity contribution is 6.34. The van der Waals surface area contributed by atoms with Gasteiger partial charge in [0.25, 0.3) is 0 Å². The molecule has 0 aliphatic heterocycles. The number of fused-ring (bicyclic) bond motifs is 1. The number of anilines is 2. The van der Waals surface area contributed by atoms with Gasteiger partial charge in [-0.1, -0.05) is 16.8 Å². The lowest BCUT2D eigenvalue weighted by atomic mass is 10.1. The maximum absolute atomic E-state index is 12.3. The number of likely N-dealkylation sites (N-methyl/N-ethyl adjacent to an activating group) is 1. The number of halogens is 1. The van der Waals surface area contributed by atoms with Crippen LogP contribution in [0.5, 0.6) is 23.0 Å². The Hall–Kier alpha value is -4.02. The van der Waals surface area contributed by atoms with Crippen LogP contribution in [0.1, 0.15) is 18.6 Å². The van der Waals surface area contributed by atoms with E-state index in [1.807, 2.05) is 12.1 Å². The predicted molar refractivity (Wildman–Crippen MR) is 145 cm³/mol. The van der Waals surface area contributed by atoms with Crippen LogP contribution in [0.4, 0.5) is 16.3 Å². The number of methoxy groups -OCH3 is 1. The monoisotopic (exact) mass is 537 g/mol. The molecule has 38 heavy (non-hydrogen) atoms. The number of amides is 2. The smallest absolute Gasteiger partial charge is 0.324 e. The molecule has 0 spiro atoms. The first-order valence-electron chi connectivity index (χ1n) is 12.0. The summed E-state index contributed by atoms with van der Waals surface area (Å²) in [7, 11) is 5.75. The van der Waals surface area contributed by atoms with E-state index in [4.69, 9.17) is 30.3 Å². The molecule has 1 aliphatic rings. The number of aryl methyl sites for hydroxylation is 1. The highest BCUT2D eigenvalue weighted by atomic mass is 35.5. The van der Waals surface area contributed by atoms with Crippen molar-refractivity contribution in [2.75, 3.05) is 38.4 Å². The van der Waals surface area contributed by atoms with Crippen molar-refractivity contribution in [3.05, 3.63) is 59.4 Å². The van der Waals surface area contributed by atoms with Gasteiger partial charge in [-0.3, -0.25) is 10.3 Å². The summed E-state index contributed by atoms with van der Waals surface area (Å²) in [5, 5.41) is 10.0. The van der Waals surface area contributed by atoms with Gasteiger partial charge in [0.15, 0.2) is 17.3 Å². The largest absolute Gasteiger partial charge is 0.493 e. The number of aromatic nitrogens is 2. The van der Waals surface area contributed by atoms with E-state index in [-0.39, 0.29) is 5.54 Å². The van der Waals surface area contributed by atoms with Crippen LogP contribution in [0.2, 0.25) is 5.02 Å². The standard InChI is InChI=1S/C27H28ClN5O5/c1-16-11-25(32-38-16)31-26(34)30-20-6-5-17(12-19(20)28)37-22-7-10-29-21-14-24(23(35-4)13-18(21)22)36-15-27(8-9-27)33(2)3/h5-7,10-14H,8-9,15H2,1-4H3,(H2,30,31,32,34). The third-order valence-electron chi connectivity index (χ3n) is 6.55. The third-order valence-corrected chi connectivity index (χ3v) is 6.86. The van der Waals surface area contributed by atoms with E-state index in [1.54, 1.807) is 50.6 Å². The van der Waals surface area contributed by atoms with Crippen LogP contribution in [-0.4, -0.2) is 54.4 Å². The zero-order valence-corrected chi connectivity index (χ0v) is 22.3. The molecule has 1 aliphatic carbocycles. The second-order valence-corrected chi connectivity index (χ2v) is 9.79. The lowest BCUT2D eigenvalue weighted by molar-refractivity contribution is 0.164. The van der Waals surface area contributed by atoms with Gasteiger partial charge < -0.3 is 29.0 Å². The maximum Gasteiger partial charge on any atom is 0.324 e. The molecule has 0 bridgehead atoms. The van der Waals surface area contributed by atoms with Gasteiger partial charge in [0.1, 0.15) is 23.9 Å². The van der Waals surface area contributed by atoms with E-state index in [2.05, 4.69) is 39.8 Å². The van der Waals surface area contributed by atoms with Gasteiger partial charge in [-0.05, 0) is 58.1 Å². The Morgan fingerprint density at radius 2 is 1.92 bits per heavy atom. The van der Waals surface area contributed by atoms with Gasteiger partial charge in [-0.25, -0.2) is 4.79 Å². The second-order valence-electron chi connectivity index (χ2n) is 9.38. The Kier molecular flexibility index (Phi) is 7.00. The molecule has 2 aromatic carbocycles. The fourth-order valence-electron chi connectivity index (χ4n) is 4.05. The first kappa shape index (κ1) is 25.6. The number of hydrogen-bond donors (Lipinski definition) is 2. The second kappa shape index (κ2) is 10.4. The Morgan fingerprint density at radius 3 is 2.58 bits per heavy atom. The predicted octanol–water partition coefficient (Wildman–Crippen LogP) is 6.10. The minimum atomic E-state index is -0.502. The molecular formula is C27H28ClN5O5. The first-order chi connectivity index (χ1) is 18.3. The molecule has 1 fully saturated rings. The highest BCUT2D eigenvalue weighted by Gasteiger charge is 2.45. The van der Waals surface area contributed by atoms with Crippen LogP contribution in [0.15, 0.2) is 53.2 Å². The number of urea groups is 1. The van der Waals surface area contributed by atoms with Crippen molar-refractivity contribution >= 4 is 40.0 Å². The zero-order valence-electron chi connectivity index (χ0n) is 21.5. The molecule has 0 atom stereocenters. The van der Waals surface area contributed by atoms with Crippen LogP contribution >= 0.6 is 11.6 Å². The van der Waals surface area contributed by atoms with Crippen molar-refractivity contribution in [1.29, 1.82) is 0 Å². The van der Waals surface area contributed by atoms with E-state index < -0.39 is 6.03 Å². The molecule has 5 rings (SSSR count). The minimum absolute atomic E-state index is 0.0779. The van der Waals surface area contributed by atoms with E-state index in [9.17, 15) is 4.79 Å². The van der Waals surface area contributed by atoms with Crippen LogP contribution in [0.3, 0.4) is 0 Å². The van der Waals surface area contributed by atoms with Crippen molar-refractivity contribution in [3.8, 4) is 23.0 Å². The average Bonchev–Trinajstić information content (AvgIpc) is 3.59. The van der Waals surface area contributed by atoms with Crippen LogP contribution in [-0.2, 0) is 0 Å². The van der Waals surface area contributed by atoms with Crippen molar-refractivity contribution in [1.82, 2.24) is 15.0 Å². The number of rotatable bonds is 9. The molecule has 0 saturated heterocycles. The van der Waals surface area contributed by atoms with Gasteiger partial charge in [0.2, 0.25) is 0 Å². The molecule has 0 radical (unpaired) electrons. The van der Waals surface area contributed by atoms with Gasteiger partial charge in [-0.2, -0.15) is 0 Å². The average molecular weight is 538 g/mol. The molecule has 10 nitrogen and oxygen atoms in total. The number of hydrogen-bond acceptors (Lipinski definition) is 8. The van der Waals surface area contributed by atoms with E-state index in [0.29, 0.717) is 57.4 Å². The number of benzene rings is 2. The van der Waals surface area contributed by atoms with E-state index >= 15 is 0 Å². The molecule has 4 aromatic rings. The van der Waals surface area contributed by atoms with Crippen LogP contribution in [0.25, 0.3) is 10.9 Å². The Labute approximate surface area is 224 Å². The highest BCUT2D eigenvalue weighted by Crippen LogP contribution is 2.43. The molecule has 0 unspecified atom stereocenters. The molecule has 2 amide bonds. The number of pyridine rings is 1. The maximum atomic E-state index is 12.3.